The molecular formula is C13H18N2OS. The van der Waals surface area contributed by atoms with Crippen molar-refractivity contribution >= 4 is 17.7 Å². The van der Waals surface area contributed by atoms with Crippen LogP contribution in [-0.4, -0.2) is 42.4 Å². The van der Waals surface area contributed by atoms with Gasteiger partial charge in [0.2, 0.25) is 5.91 Å². The fourth-order valence-electron chi connectivity index (χ4n) is 2.11. The zero-order chi connectivity index (χ0) is 12.1. The first-order valence-electron chi connectivity index (χ1n) is 5.89. The van der Waals surface area contributed by atoms with Crippen LogP contribution in [0.5, 0.6) is 0 Å². The number of thioether (sulfide) groups is 1. The molecule has 1 aliphatic heterocycles. The Bertz CT molecular complexity index is 369. The van der Waals surface area contributed by atoms with Crippen molar-refractivity contribution in [3.8, 4) is 0 Å². The van der Waals surface area contributed by atoms with Crippen LogP contribution in [0.3, 0.4) is 0 Å². The number of amides is 1. The molecule has 2 rings (SSSR count). The Morgan fingerprint density at radius 3 is 2.94 bits per heavy atom. The predicted molar refractivity (Wildman–Crippen MR) is 72.1 cm³/mol. The van der Waals surface area contributed by atoms with E-state index in [1.54, 1.807) is 0 Å². The molecule has 1 fully saturated rings. The first-order chi connectivity index (χ1) is 8.33. The molecule has 1 aromatic rings. The molecule has 17 heavy (non-hydrogen) atoms. The van der Waals surface area contributed by atoms with E-state index in [1.807, 2.05) is 41.9 Å². The molecule has 1 unspecified atom stereocenters. The number of rotatable bonds is 3. The molecule has 0 aliphatic carbocycles. The summed E-state index contributed by atoms with van der Waals surface area (Å²) in [6, 6.07) is 10.5. The molecule has 0 radical (unpaired) electrons. The summed E-state index contributed by atoms with van der Waals surface area (Å²) in [5.41, 5.74) is 1.24. The fraction of sp³-hybridized carbons (Fsp3) is 0.462. The van der Waals surface area contributed by atoms with Gasteiger partial charge in [-0.05, 0) is 12.6 Å². The number of nitrogens with zero attached hydrogens (tertiary/aromatic N) is 1. The minimum atomic E-state index is 0.196. The average molecular weight is 250 g/mol. The van der Waals surface area contributed by atoms with Crippen molar-refractivity contribution in [1.82, 2.24) is 10.2 Å². The highest BCUT2D eigenvalue weighted by Crippen LogP contribution is 2.29. The van der Waals surface area contributed by atoms with Gasteiger partial charge in [0.1, 0.15) is 0 Å². The van der Waals surface area contributed by atoms with Gasteiger partial charge >= 0.3 is 0 Å². The Morgan fingerprint density at radius 1 is 1.47 bits per heavy atom. The van der Waals surface area contributed by atoms with Crippen molar-refractivity contribution in [3.05, 3.63) is 35.9 Å². The van der Waals surface area contributed by atoms with E-state index >= 15 is 0 Å². The van der Waals surface area contributed by atoms with Gasteiger partial charge in [-0.3, -0.25) is 4.79 Å². The van der Waals surface area contributed by atoms with Gasteiger partial charge in [-0.25, -0.2) is 0 Å². The normalized spacial score (nSPS) is 20.3. The lowest BCUT2D eigenvalue weighted by Gasteiger charge is -2.35. The maximum Gasteiger partial charge on any atom is 0.237 e. The van der Waals surface area contributed by atoms with Crippen LogP contribution in [0.25, 0.3) is 0 Å². The quantitative estimate of drug-likeness (QED) is 0.883. The highest BCUT2D eigenvalue weighted by atomic mass is 32.2. The van der Waals surface area contributed by atoms with Gasteiger partial charge in [-0.2, -0.15) is 11.8 Å². The molecule has 1 saturated heterocycles. The summed E-state index contributed by atoms with van der Waals surface area (Å²) >= 11 is 1.92. The Balaban J connectivity index is 2.15. The fourth-order valence-corrected chi connectivity index (χ4v) is 3.19. The summed E-state index contributed by atoms with van der Waals surface area (Å²) in [7, 11) is 1.81. The van der Waals surface area contributed by atoms with E-state index in [9.17, 15) is 4.79 Å². The molecular weight excluding hydrogens is 232 g/mol. The van der Waals surface area contributed by atoms with E-state index < -0.39 is 0 Å². The van der Waals surface area contributed by atoms with Crippen LogP contribution in [0.2, 0.25) is 0 Å². The van der Waals surface area contributed by atoms with Crippen LogP contribution in [0.4, 0.5) is 0 Å². The largest absolute Gasteiger partial charge is 0.333 e. The molecule has 1 amide bonds. The van der Waals surface area contributed by atoms with Crippen LogP contribution in [0, 0.1) is 0 Å². The van der Waals surface area contributed by atoms with Crippen LogP contribution in [0.1, 0.15) is 11.6 Å². The van der Waals surface area contributed by atoms with Crippen molar-refractivity contribution < 1.29 is 4.79 Å². The highest BCUT2D eigenvalue weighted by molar-refractivity contribution is 7.99. The van der Waals surface area contributed by atoms with Crippen LogP contribution in [-0.2, 0) is 4.79 Å². The van der Waals surface area contributed by atoms with Gasteiger partial charge < -0.3 is 10.2 Å². The minimum absolute atomic E-state index is 0.196. The first-order valence-corrected chi connectivity index (χ1v) is 7.05. The maximum absolute atomic E-state index is 12.0. The molecule has 1 atom stereocenters. The monoisotopic (exact) mass is 250 g/mol. The molecule has 0 saturated carbocycles. The van der Waals surface area contributed by atoms with Gasteiger partial charge in [0.15, 0.2) is 0 Å². The van der Waals surface area contributed by atoms with Gasteiger partial charge in [-0.1, -0.05) is 30.3 Å². The van der Waals surface area contributed by atoms with E-state index in [2.05, 4.69) is 17.4 Å². The van der Waals surface area contributed by atoms with E-state index in [-0.39, 0.29) is 11.9 Å². The lowest BCUT2D eigenvalue weighted by atomic mass is 10.1. The zero-order valence-corrected chi connectivity index (χ0v) is 10.9. The lowest BCUT2D eigenvalue weighted by Crippen LogP contribution is -2.44. The first kappa shape index (κ1) is 12.5. The molecule has 0 bridgehead atoms. The summed E-state index contributed by atoms with van der Waals surface area (Å²) < 4.78 is 0. The summed E-state index contributed by atoms with van der Waals surface area (Å²) in [5, 5.41) is 2.94. The van der Waals surface area contributed by atoms with E-state index in [0.29, 0.717) is 6.54 Å². The second kappa shape index (κ2) is 6.07. The molecule has 1 aromatic carbocycles. The maximum atomic E-state index is 12.0. The summed E-state index contributed by atoms with van der Waals surface area (Å²) in [4.78, 5) is 14.0. The second-order valence-corrected chi connectivity index (χ2v) is 5.27. The third-order valence-corrected chi connectivity index (χ3v) is 3.98. The predicted octanol–water partition coefficient (Wildman–Crippen LogP) is 1.52. The molecule has 1 N–H and O–H groups in total. The van der Waals surface area contributed by atoms with Gasteiger partial charge in [0, 0.05) is 18.1 Å². The summed E-state index contributed by atoms with van der Waals surface area (Å²) in [5.74, 6) is 2.24. The minimum Gasteiger partial charge on any atom is -0.333 e. The zero-order valence-electron chi connectivity index (χ0n) is 10.1. The molecule has 0 spiro atoms. The third-order valence-electron chi connectivity index (χ3n) is 2.96. The standard InChI is InChI=1S/C13H18N2OS/c1-14-9-13(16)15-7-8-17-10-12(15)11-5-3-2-4-6-11/h2-6,12,14H,7-10H2,1H3. The van der Waals surface area contributed by atoms with Crippen molar-refractivity contribution in [2.24, 2.45) is 0 Å². The average Bonchev–Trinajstić information content (AvgIpc) is 2.40. The molecule has 1 heterocycles. The summed E-state index contributed by atoms with van der Waals surface area (Å²) in [6.45, 7) is 1.28. The van der Waals surface area contributed by atoms with Crippen LogP contribution >= 0.6 is 11.8 Å². The van der Waals surface area contributed by atoms with Gasteiger partial charge in [0.05, 0.1) is 12.6 Å². The highest BCUT2D eigenvalue weighted by Gasteiger charge is 2.27. The smallest absolute Gasteiger partial charge is 0.237 e. The van der Waals surface area contributed by atoms with Gasteiger partial charge in [0.25, 0.3) is 0 Å². The number of carbonyl (C=O) groups is 1. The Morgan fingerprint density at radius 2 is 2.24 bits per heavy atom. The topological polar surface area (TPSA) is 32.3 Å². The number of carbonyl (C=O) groups excluding carboxylic acids is 1. The third kappa shape index (κ3) is 3.01. The van der Waals surface area contributed by atoms with Crippen LogP contribution in [0.15, 0.2) is 30.3 Å². The van der Waals surface area contributed by atoms with E-state index in [1.165, 1.54) is 5.56 Å². The van der Waals surface area contributed by atoms with Gasteiger partial charge in [-0.15, -0.1) is 0 Å². The van der Waals surface area contributed by atoms with Crippen molar-refractivity contribution in [1.29, 1.82) is 0 Å². The number of benzene rings is 1. The van der Waals surface area contributed by atoms with Crippen LogP contribution < -0.4 is 5.32 Å². The lowest BCUT2D eigenvalue weighted by molar-refractivity contribution is -0.132. The van der Waals surface area contributed by atoms with Crippen molar-refractivity contribution in [3.63, 3.8) is 0 Å². The Kier molecular flexibility index (Phi) is 4.45. The molecule has 3 nitrogen and oxygen atoms in total. The number of nitrogens with one attached hydrogen (secondary N) is 1. The SMILES string of the molecule is CNCC(=O)N1CCSCC1c1ccccc1. The summed E-state index contributed by atoms with van der Waals surface area (Å²) in [6.07, 6.45) is 0. The van der Waals surface area contributed by atoms with E-state index in [0.717, 1.165) is 18.1 Å². The number of hydrogen-bond acceptors (Lipinski definition) is 3. The molecule has 92 valence electrons. The number of likely N-dealkylation sites (N-methyl/N-ethyl adjacent to an activating group) is 1. The molecule has 0 aromatic heterocycles. The Labute approximate surface area is 107 Å². The van der Waals surface area contributed by atoms with E-state index in [4.69, 9.17) is 0 Å². The number of hydrogen-bond donors (Lipinski definition) is 1. The second-order valence-electron chi connectivity index (χ2n) is 4.12. The molecule has 4 heteroatoms. The van der Waals surface area contributed by atoms with Crippen molar-refractivity contribution in [2.75, 3.05) is 31.6 Å². The molecule has 1 aliphatic rings. The van der Waals surface area contributed by atoms with Crippen molar-refractivity contribution in [2.45, 2.75) is 6.04 Å². The Hall–Kier alpha value is -1.00.